The Balaban J connectivity index is 1.65. The molecule has 0 bridgehead atoms. The molecule has 0 saturated carbocycles. The number of aromatic nitrogens is 3. The highest BCUT2D eigenvalue weighted by molar-refractivity contribution is 5.04. The second kappa shape index (κ2) is 6.63. The molecule has 1 aliphatic heterocycles. The number of rotatable bonds is 6. The normalized spacial score (nSPS) is 18.8. The van der Waals surface area contributed by atoms with Crippen LogP contribution >= 0.6 is 0 Å². The van der Waals surface area contributed by atoms with E-state index in [4.69, 9.17) is 4.74 Å². The molecular weight excluding hydrogens is 252 g/mol. The number of nitrogens with zero attached hydrogens (tertiary/aromatic N) is 3. The highest BCUT2D eigenvalue weighted by Gasteiger charge is 2.20. The third-order valence-corrected chi connectivity index (χ3v) is 3.55. The van der Waals surface area contributed by atoms with Crippen LogP contribution in [0.4, 0.5) is 0 Å². The molecule has 2 aromatic rings. The van der Waals surface area contributed by atoms with E-state index in [1.807, 2.05) is 24.5 Å². The molecule has 1 fully saturated rings. The van der Waals surface area contributed by atoms with Crippen LogP contribution in [0.2, 0.25) is 0 Å². The summed E-state index contributed by atoms with van der Waals surface area (Å²) in [5.41, 5.74) is 2.21. The number of hydrogen-bond acceptors (Lipinski definition) is 4. The minimum atomic E-state index is 0.349. The fourth-order valence-electron chi connectivity index (χ4n) is 2.59. The lowest BCUT2D eigenvalue weighted by Crippen LogP contribution is -2.31. The predicted octanol–water partition coefficient (Wildman–Crippen LogP) is 1.99. The van der Waals surface area contributed by atoms with Crippen molar-refractivity contribution in [2.45, 2.75) is 32.0 Å². The molecule has 1 N–H and O–H groups in total. The van der Waals surface area contributed by atoms with Gasteiger partial charge in [-0.25, -0.2) is 4.98 Å². The van der Waals surface area contributed by atoms with Crippen molar-refractivity contribution in [1.29, 1.82) is 0 Å². The zero-order chi connectivity index (χ0) is 13.6. The number of imidazole rings is 1. The summed E-state index contributed by atoms with van der Waals surface area (Å²) in [4.78, 5) is 14.0. The van der Waals surface area contributed by atoms with Crippen LogP contribution in [-0.2, 0) is 17.8 Å². The van der Waals surface area contributed by atoms with Crippen molar-refractivity contribution in [3.05, 3.63) is 48.3 Å². The van der Waals surface area contributed by atoms with E-state index in [1.54, 1.807) is 6.33 Å². The van der Waals surface area contributed by atoms with E-state index in [0.717, 1.165) is 44.0 Å². The van der Waals surface area contributed by atoms with E-state index in [2.05, 4.69) is 25.9 Å². The van der Waals surface area contributed by atoms with Gasteiger partial charge in [0, 0.05) is 44.3 Å². The Morgan fingerprint density at radius 2 is 2.35 bits per heavy atom. The molecule has 0 amide bonds. The average Bonchev–Trinajstić information content (AvgIpc) is 3.13. The lowest BCUT2D eigenvalue weighted by atomic mass is 10.2. The fourth-order valence-corrected chi connectivity index (χ4v) is 2.59. The zero-order valence-electron chi connectivity index (χ0n) is 11.5. The molecule has 20 heavy (non-hydrogen) atoms. The Morgan fingerprint density at radius 1 is 1.35 bits per heavy atom. The van der Waals surface area contributed by atoms with Gasteiger partial charge >= 0.3 is 0 Å². The summed E-state index contributed by atoms with van der Waals surface area (Å²) in [7, 11) is 0. The average molecular weight is 272 g/mol. The second-order valence-corrected chi connectivity index (χ2v) is 5.20. The quantitative estimate of drug-likeness (QED) is 0.873. The van der Waals surface area contributed by atoms with Crippen molar-refractivity contribution >= 4 is 0 Å². The Morgan fingerprint density at radius 3 is 3.05 bits per heavy atom. The molecular formula is C15H20N4O. The number of ether oxygens (including phenoxy) is 1. The molecule has 106 valence electrons. The Labute approximate surface area is 119 Å². The lowest BCUT2D eigenvalue weighted by Gasteiger charge is -2.24. The third kappa shape index (κ3) is 3.65. The van der Waals surface area contributed by atoms with Crippen molar-refractivity contribution in [3.8, 4) is 0 Å². The van der Waals surface area contributed by atoms with Gasteiger partial charge in [0.1, 0.15) is 0 Å². The minimum Gasteiger partial charge on any atom is -0.377 e. The molecule has 1 saturated heterocycles. The van der Waals surface area contributed by atoms with Gasteiger partial charge in [-0.05, 0) is 25.0 Å². The molecule has 2 aromatic heterocycles. The first-order valence-corrected chi connectivity index (χ1v) is 7.11. The first-order chi connectivity index (χ1) is 9.90. The molecule has 3 rings (SSSR count). The van der Waals surface area contributed by atoms with Gasteiger partial charge in [0.05, 0.1) is 18.1 Å². The van der Waals surface area contributed by atoms with E-state index < -0.39 is 0 Å². The molecule has 0 spiro atoms. The van der Waals surface area contributed by atoms with Crippen molar-refractivity contribution in [1.82, 2.24) is 19.9 Å². The van der Waals surface area contributed by atoms with Gasteiger partial charge < -0.3 is 9.72 Å². The van der Waals surface area contributed by atoms with Crippen molar-refractivity contribution < 1.29 is 4.74 Å². The third-order valence-electron chi connectivity index (χ3n) is 3.55. The Kier molecular flexibility index (Phi) is 4.40. The van der Waals surface area contributed by atoms with Crippen molar-refractivity contribution in [2.75, 3.05) is 13.2 Å². The lowest BCUT2D eigenvalue weighted by molar-refractivity contribution is 0.0671. The highest BCUT2D eigenvalue weighted by atomic mass is 16.5. The van der Waals surface area contributed by atoms with E-state index in [9.17, 15) is 0 Å². The minimum absolute atomic E-state index is 0.349. The molecule has 0 aliphatic carbocycles. The molecule has 3 heterocycles. The van der Waals surface area contributed by atoms with Crippen LogP contribution in [0.15, 0.2) is 36.9 Å². The summed E-state index contributed by atoms with van der Waals surface area (Å²) in [6, 6.07) is 6.04. The summed E-state index contributed by atoms with van der Waals surface area (Å²) >= 11 is 0. The SMILES string of the molecule is c1ccc(CN(Cc2cnc[nH]2)CC2CCCO2)nc1. The first kappa shape index (κ1) is 13.3. The Hall–Kier alpha value is -1.72. The van der Waals surface area contributed by atoms with E-state index in [-0.39, 0.29) is 0 Å². The maximum absolute atomic E-state index is 5.75. The molecule has 0 radical (unpaired) electrons. The van der Waals surface area contributed by atoms with Gasteiger partial charge in [-0.1, -0.05) is 6.07 Å². The summed E-state index contributed by atoms with van der Waals surface area (Å²) < 4.78 is 5.75. The molecule has 1 aliphatic rings. The molecule has 5 heteroatoms. The van der Waals surface area contributed by atoms with Crippen LogP contribution in [-0.4, -0.2) is 39.1 Å². The van der Waals surface area contributed by atoms with Crippen LogP contribution in [0.1, 0.15) is 24.2 Å². The van der Waals surface area contributed by atoms with Gasteiger partial charge in [-0.2, -0.15) is 0 Å². The second-order valence-electron chi connectivity index (χ2n) is 5.20. The number of hydrogen-bond donors (Lipinski definition) is 1. The standard InChI is InChI=1S/C15H20N4O/c1-2-6-17-13(4-1)9-19(10-14-8-16-12-18-14)11-15-5-3-7-20-15/h1-2,4,6,8,12,15H,3,5,7,9-11H2,(H,16,18). The smallest absolute Gasteiger partial charge is 0.0922 e. The number of nitrogens with one attached hydrogen (secondary N) is 1. The van der Waals surface area contributed by atoms with E-state index in [1.165, 1.54) is 6.42 Å². The van der Waals surface area contributed by atoms with Crippen LogP contribution in [0.3, 0.4) is 0 Å². The summed E-state index contributed by atoms with van der Waals surface area (Å²) in [5, 5.41) is 0. The number of pyridine rings is 1. The highest BCUT2D eigenvalue weighted by Crippen LogP contribution is 2.16. The fraction of sp³-hybridized carbons (Fsp3) is 0.467. The van der Waals surface area contributed by atoms with Crippen LogP contribution in [0.5, 0.6) is 0 Å². The van der Waals surface area contributed by atoms with Crippen molar-refractivity contribution in [3.63, 3.8) is 0 Å². The first-order valence-electron chi connectivity index (χ1n) is 7.11. The van der Waals surface area contributed by atoms with Gasteiger partial charge in [-0.15, -0.1) is 0 Å². The zero-order valence-corrected chi connectivity index (χ0v) is 11.5. The van der Waals surface area contributed by atoms with Crippen molar-refractivity contribution in [2.24, 2.45) is 0 Å². The predicted molar refractivity (Wildman–Crippen MR) is 75.9 cm³/mol. The number of aromatic amines is 1. The monoisotopic (exact) mass is 272 g/mol. The maximum Gasteiger partial charge on any atom is 0.0922 e. The Bertz CT molecular complexity index is 494. The topological polar surface area (TPSA) is 54.0 Å². The van der Waals surface area contributed by atoms with Crippen LogP contribution < -0.4 is 0 Å². The van der Waals surface area contributed by atoms with Gasteiger partial charge in [0.2, 0.25) is 0 Å². The summed E-state index contributed by atoms with van der Waals surface area (Å²) in [6.07, 6.45) is 8.12. The van der Waals surface area contributed by atoms with Gasteiger partial charge in [-0.3, -0.25) is 9.88 Å². The van der Waals surface area contributed by atoms with E-state index in [0.29, 0.717) is 6.10 Å². The molecule has 1 unspecified atom stereocenters. The maximum atomic E-state index is 5.75. The largest absolute Gasteiger partial charge is 0.377 e. The molecule has 0 aromatic carbocycles. The van der Waals surface area contributed by atoms with Crippen LogP contribution in [0, 0.1) is 0 Å². The van der Waals surface area contributed by atoms with Crippen LogP contribution in [0.25, 0.3) is 0 Å². The molecule has 1 atom stereocenters. The summed E-state index contributed by atoms with van der Waals surface area (Å²) in [6.45, 7) is 3.51. The van der Waals surface area contributed by atoms with E-state index >= 15 is 0 Å². The molecule has 5 nitrogen and oxygen atoms in total. The number of H-pyrrole nitrogens is 1. The van der Waals surface area contributed by atoms with Gasteiger partial charge in [0.15, 0.2) is 0 Å². The van der Waals surface area contributed by atoms with Gasteiger partial charge in [0.25, 0.3) is 0 Å². The summed E-state index contributed by atoms with van der Waals surface area (Å²) in [5.74, 6) is 0.